The molecule has 4 N–H and O–H groups in total. The Bertz CT molecular complexity index is 1200. The van der Waals surface area contributed by atoms with E-state index in [-0.39, 0.29) is 0 Å². The largest absolute Gasteiger partial charge is 0.479 e. The molecule has 1 aliphatic heterocycles. The number of rotatable bonds is 3. The first-order valence-electron chi connectivity index (χ1n) is 9.21. The maximum Gasteiger partial charge on any atom is 0.335 e. The fraction of sp³-hybridized carbons (Fsp3) is 0.227. The molecule has 0 saturated carbocycles. The second-order valence-electron chi connectivity index (χ2n) is 7.27. The Kier molecular flexibility index (Phi) is 4.07. The van der Waals surface area contributed by atoms with Gasteiger partial charge in [0, 0.05) is 10.8 Å². The van der Waals surface area contributed by atoms with E-state index in [0.29, 0.717) is 5.75 Å². The van der Waals surface area contributed by atoms with Gasteiger partial charge in [0.1, 0.15) is 24.1 Å². The Morgan fingerprint density at radius 2 is 1.41 bits per heavy atom. The molecular formula is C22H18O7. The molecule has 0 unspecified atom stereocenters. The van der Waals surface area contributed by atoms with Crippen LogP contribution < -0.4 is 4.74 Å². The highest BCUT2D eigenvalue weighted by atomic mass is 16.7. The summed E-state index contributed by atoms with van der Waals surface area (Å²) in [6.07, 6.45) is -8.25. The van der Waals surface area contributed by atoms with E-state index in [2.05, 4.69) is 0 Å². The zero-order valence-electron chi connectivity index (χ0n) is 15.1. The van der Waals surface area contributed by atoms with Gasteiger partial charge in [0.15, 0.2) is 6.10 Å². The van der Waals surface area contributed by atoms with E-state index in [9.17, 15) is 25.2 Å². The molecule has 1 aliphatic rings. The minimum absolute atomic E-state index is 0.382. The summed E-state index contributed by atoms with van der Waals surface area (Å²) >= 11 is 0. The number of benzene rings is 4. The lowest BCUT2D eigenvalue weighted by Gasteiger charge is -2.38. The van der Waals surface area contributed by atoms with Crippen molar-refractivity contribution in [2.75, 3.05) is 0 Å². The highest BCUT2D eigenvalue weighted by molar-refractivity contribution is 6.24. The van der Waals surface area contributed by atoms with Gasteiger partial charge in [-0.3, -0.25) is 0 Å². The van der Waals surface area contributed by atoms with E-state index in [1.54, 1.807) is 6.07 Å². The lowest BCUT2D eigenvalue weighted by molar-refractivity contribution is -0.270. The third-order valence-electron chi connectivity index (χ3n) is 5.54. The molecule has 0 amide bonds. The van der Waals surface area contributed by atoms with Crippen LogP contribution in [0.2, 0.25) is 0 Å². The van der Waals surface area contributed by atoms with E-state index in [1.165, 1.54) is 0 Å². The van der Waals surface area contributed by atoms with Crippen LogP contribution in [0.15, 0.2) is 54.6 Å². The zero-order valence-corrected chi connectivity index (χ0v) is 15.1. The molecule has 0 aromatic heterocycles. The van der Waals surface area contributed by atoms with Crippen LogP contribution in [0.3, 0.4) is 0 Å². The van der Waals surface area contributed by atoms with E-state index in [4.69, 9.17) is 9.47 Å². The predicted molar refractivity (Wildman–Crippen MR) is 105 cm³/mol. The monoisotopic (exact) mass is 394 g/mol. The normalized spacial score (nSPS) is 27.6. The minimum Gasteiger partial charge on any atom is -0.479 e. The van der Waals surface area contributed by atoms with Gasteiger partial charge in [-0.2, -0.15) is 0 Å². The number of aliphatic hydroxyl groups is 3. The Labute approximate surface area is 164 Å². The molecule has 0 bridgehead atoms. The molecule has 29 heavy (non-hydrogen) atoms. The molecule has 1 fully saturated rings. The summed E-state index contributed by atoms with van der Waals surface area (Å²) < 4.78 is 11.1. The standard InChI is InChI=1S/C22H18O7/c23-17-18(24)20(21(26)27)29-22(19(17)25)28-14-9-7-12-5-4-10-2-1-3-11-6-8-13(14)16(12)15(10)11/h1-9,17-20,22-25H,(H,26,27)/t17-,18-,19-,20+,22+/m0/s1. The number of carboxylic acids is 1. The summed E-state index contributed by atoms with van der Waals surface area (Å²) in [5, 5.41) is 45.4. The summed E-state index contributed by atoms with van der Waals surface area (Å²) in [6, 6.07) is 17.6. The van der Waals surface area contributed by atoms with E-state index in [0.717, 1.165) is 32.3 Å². The Morgan fingerprint density at radius 3 is 2.10 bits per heavy atom. The Morgan fingerprint density at radius 1 is 0.793 bits per heavy atom. The average molecular weight is 394 g/mol. The molecule has 1 heterocycles. The maximum absolute atomic E-state index is 11.3. The van der Waals surface area contributed by atoms with Crippen LogP contribution in [0, 0.1) is 0 Å². The topological polar surface area (TPSA) is 116 Å². The lowest BCUT2D eigenvalue weighted by atomic mass is 9.94. The van der Waals surface area contributed by atoms with Crippen LogP contribution in [-0.2, 0) is 9.53 Å². The highest BCUT2D eigenvalue weighted by Gasteiger charge is 2.48. The molecule has 5 atom stereocenters. The maximum atomic E-state index is 11.3. The van der Waals surface area contributed by atoms with Crippen LogP contribution in [-0.4, -0.2) is 57.1 Å². The Hall–Kier alpha value is -2.97. The minimum atomic E-state index is -1.76. The van der Waals surface area contributed by atoms with Crippen molar-refractivity contribution >= 4 is 38.3 Å². The predicted octanol–water partition coefficient (Wildman–Crippen LogP) is 1.85. The van der Waals surface area contributed by atoms with Crippen molar-refractivity contribution in [1.29, 1.82) is 0 Å². The SMILES string of the molecule is O=C(O)[C@@H]1O[C@@H](Oc2ccc3ccc4cccc5ccc2c3c45)[C@@H](O)[C@@H](O)[C@@H]1O. The van der Waals surface area contributed by atoms with Crippen molar-refractivity contribution < 1.29 is 34.7 Å². The average Bonchev–Trinajstić information content (AvgIpc) is 2.73. The van der Waals surface area contributed by atoms with E-state index < -0.39 is 36.7 Å². The molecule has 0 radical (unpaired) electrons. The number of aliphatic hydroxyl groups excluding tert-OH is 3. The first kappa shape index (κ1) is 18.1. The third-order valence-corrected chi connectivity index (χ3v) is 5.54. The number of carbonyl (C=O) groups is 1. The molecule has 148 valence electrons. The summed E-state index contributed by atoms with van der Waals surface area (Å²) in [5.41, 5.74) is 0. The third kappa shape index (κ3) is 2.71. The van der Waals surface area contributed by atoms with Gasteiger partial charge >= 0.3 is 5.97 Å². The number of aliphatic carboxylic acids is 1. The van der Waals surface area contributed by atoms with Crippen LogP contribution >= 0.6 is 0 Å². The van der Waals surface area contributed by atoms with Gasteiger partial charge in [0.2, 0.25) is 6.29 Å². The molecule has 1 saturated heterocycles. The van der Waals surface area contributed by atoms with Crippen molar-refractivity contribution in [3.63, 3.8) is 0 Å². The molecule has 0 aliphatic carbocycles. The highest BCUT2D eigenvalue weighted by Crippen LogP contribution is 2.39. The van der Waals surface area contributed by atoms with Crippen molar-refractivity contribution in [1.82, 2.24) is 0 Å². The van der Waals surface area contributed by atoms with Crippen LogP contribution in [0.4, 0.5) is 0 Å². The fourth-order valence-electron chi connectivity index (χ4n) is 4.09. The van der Waals surface area contributed by atoms with Crippen LogP contribution in [0.25, 0.3) is 32.3 Å². The van der Waals surface area contributed by atoms with Gasteiger partial charge in [-0.1, -0.05) is 42.5 Å². The Balaban J connectivity index is 1.61. The first-order chi connectivity index (χ1) is 14.0. The van der Waals surface area contributed by atoms with Gasteiger partial charge in [0.25, 0.3) is 0 Å². The van der Waals surface area contributed by atoms with Gasteiger partial charge < -0.3 is 29.9 Å². The smallest absolute Gasteiger partial charge is 0.335 e. The molecular weight excluding hydrogens is 376 g/mol. The molecule has 4 aromatic rings. The number of hydrogen-bond acceptors (Lipinski definition) is 6. The fourth-order valence-corrected chi connectivity index (χ4v) is 4.09. The van der Waals surface area contributed by atoms with Crippen LogP contribution in [0.5, 0.6) is 5.75 Å². The second kappa shape index (κ2) is 6.53. The first-order valence-corrected chi connectivity index (χ1v) is 9.21. The van der Waals surface area contributed by atoms with Gasteiger partial charge in [-0.25, -0.2) is 4.79 Å². The number of hydrogen-bond donors (Lipinski definition) is 4. The quantitative estimate of drug-likeness (QED) is 0.392. The summed E-state index contributed by atoms with van der Waals surface area (Å²) in [6.45, 7) is 0. The van der Waals surface area contributed by atoms with Crippen molar-refractivity contribution in [2.24, 2.45) is 0 Å². The summed E-state index contributed by atoms with van der Waals surface area (Å²) in [7, 11) is 0. The zero-order chi connectivity index (χ0) is 20.3. The van der Waals surface area contributed by atoms with Gasteiger partial charge in [-0.05, 0) is 33.7 Å². The van der Waals surface area contributed by atoms with Crippen LogP contribution in [0.1, 0.15) is 0 Å². The second-order valence-corrected chi connectivity index (χ2v) is 7.27. The van der Waals surface area contributed by atoms with Gasteiger partial charge in [-0.15, -0.1) is 0 Å². The molecule has 5 rings (SSSR count). The van der Waals surface area contributed by atoms with E-state index >= 15 is 0 Å². The van der Waals surface area contributed by atoms with E-state index in [1.807, 2.05) is 48.5 Å². The van der Waals surface area contributed by atoms with Crippen molar-refractivity contribution in [2.45, 2.75) is 30.7 Å². The summed E-state index contributed by atoms with van der Waals surface area (Å²) in [4.78, 5) is 11.3. The molecule has 0 spiro atoms. The summed E-state index contributed by atoms with van der Waals surface area (Å²) in [5.74, 6) is -1.07. The van der Waals surface area contributed by atoms with Gasteiger partial charge in [0.05, 0.1) is 0 Å². The van der Waals surface area contributed by atoms with Crippen molar-refractivity contribution in [3.05, 3.63) is 54.6 Å². The number of carboxylic acid groups (broad SMARTS) is 1. The molecule has 7 nitrogen and oxygen atoms in total. The molecule has 4 aromatic carbocycles. The number of ether oxygens (including phenoxy) is 2. The molecule has 7 heteroatoms. The lowest BCUT2D eigenvalue weighted by Crippen LogP contribution is -2.61. The van der Waals surface area contributed by atoms with Crippen molar-refractivity contribution in [3.8, 4) is 5.75 Å².